The van der Waals surface area contributed by atoms with Crippen LogP contribution in [0, 0.1) is 11.3 Å². The number of hydrogen-bond donors (Lipinski definition) is 0. The molecule has 0 radical (unpaired) electrons. The lowest BCUT2D eigenvalue weighted by Crippen LogP contribution is -2.36. The third-order valence-corrected chi connectivity index (χ3v) is 3.90. The number of Topliss-reactive ketones (excluding diaryl/α,β-unsaturated/α-hetero) is 1. The van der Waals surface area contributed by atoms with Gasteiger partial charge in [0, 0.05) is 10.3 Å². The summed E-state index contributed by atoms with van der Waals surface area (Å²) in [6, 6.07) is 0. The molecule has 0 saturated carbocycles. The van der Waals surface area contributed by atoms with Crippen LogP contribution in [0.3, 0.4) is 0 Å². The third kappa shape index (κ3) is 1.49. The number of esters is 1. The van der Waals surface area contributed by atoms with Gasteiger partial charge < -0.3 is 4.74 Å². The zero-order valence-electron chi connectivity index (χ0n) is 7.96. The van der Waals surface area contributed by atoms with E-state index in [2.05, 4.69) is 22.6 Å². The molecule has 3 atom stereocenters. The summed E-state index contributed by atoms with van der Waals surface area (Å²) in [5, 5.41) is 0. The molecule has 1 saturated heterocycles. The highest BCUT2D eigenvalue weighted by Gasteiger charge is 2.54. The van der Waals surface area contributed by atoms with Crippen molar-refractivity contribution >= 4 is 34.3 Å². The van der Waals surface area contributed by atoms with E-state index in [1.807, 2.05) is 6.92 Å². The molecule has 0 unspecified atom stereocenters. The molecule has 0 aromatic carbocycles. The second-order valence-corrected chi connectivity index (χ2v) is 4.53. The van der Waals surface area contributed by atoms with Crippen molar-refractivity contribution in [2.45, 2.75) is 26.9 Å². The number of rotatable bonds is 2. The van der Waals surface area contributed by atoms with E-state index in [0.29, 0.717) is 0 Å². The first kappa shape index (κ1) is 10.9. The van der Waals surface area contributed by atoms with Gasteiger partial charge in [-0.25, -0.2) is 0 Å². The van der Waals surface area contributed by atoms with Gasteiger partial charge in [-0.2, -0.15) is 0 Å². The van der Waals surface area contributed by atoms with Crippen molar-refractivity contribution in [1.29, 1.82) is 0 Å². The molecule has 1 aliphatic heterocycles. The Bertz CT molecular complexity index is 251. The summed E-state index contributed by atoms with van der Waals surface area (Å²) in [6.45, 7) is 5.03. The van der Waals surface area contributed by atoms with Gasteiger partial charge in [0.2, 0.25) is 0 Å². The van der Waals surface area contributed by atoms with Gasteiger partial charge in [-0.3, -0.25) is 9.59 Å². The van der Waals surface area contributed by atoms with E-state index < -0.39 is 5.41 Å². The van der Waals surface area contributed by atoms with Crippen LogP contribution < -0.4 is 0 Å². The van der Waals surface area contributed by atoms with E-state index in [0.717, 1.165) is 4.43 Å². The molecule has 0 N–H and O–H groups in total. The molecule has 13 heavy (non-hydrogen) atoms. The van der Waals surface area contributed by atoms with Gasteiger partial charge in [0.1, 0.15) is 17.3 Å². The SMILES string of the molecule is CC(=O)[C@@]1(C)C(=O)O[C@H](CI)[C@H]1C. The number of carbonyl (C=O) groups is 2. The van der Waals surface area contributed by atoms with Crippen LogP contribution in [0.1, 0.15) is 20.8 Å². The number of alkyl halides is 1. The predicted octanol–water partition coefficient (Wildman–Crippen LogP) is 1.58. The molecule has 0 aliphatic carbocycles. The van der Waals surface area contributed by atoms with Gasteiger partial charge in [0.05, 0.1) is 0 Å². The van der Waals surface area contributed by atoms with E-state index >= 15 is 0 Å². The lowest BCUT2D eigenvalue weighted by Gasteiger charge is -2.21. The number of halogens is 1. The van der Waals surface area contributed by atoms with Crippen LogP contribution in [0.15, 0.2) is 0 Å². The van der Waals surface area contributed by atoms with E-state index in [-0.39, 0.29) is 23.8 Å². The molecule has 0 spiro atoms. The quantitative estimate of drug-likeness (QED) is 0.336. The second kappa shape index (κ2) is 3.55. The van der Waals surface area contributed by atoms with Crippen molar-refractivity contribution in [2.24, 2.45) is 11.3 Å². The smallest absolute Gasteiger partial charge is 0.320 e. The Labute approximate surface area is 91.4 Å². The molecule has 1 heterocycles. The number of ether oxygens (including phenoxy) is 1. The predicted molar refractivity (Wildman–Crippen MR) is 56.7 cm³/mol. The van der Waals surface area contributed by atoms with Crippen LogP contribution in [0.5, 0.6) is 0 Å². The number of carbonyl (C=O) groups excluding carboxylic acids is 2. The van der Waals surface area contributed by atoms with Crippen molar-refractivity contribution in [3.8, 4) is 0 Å². The van der Waals surface area contributed by atoms with Crippen molar-refractivity contribution in [2.75, 3.05) is 4.43 Å². The molecule has 3 nitrogen and oxygen atoms in total. The normalized spacial score (nSPS) is 38.9. The Morgan fingerprint density at radius 3 is 2.46 bits per heavy atom. The fraction of sp³-hybridized carbons (Fsp3) is 0.778. The maximum atomic E-state index is 11.5. The monoisotopic (exact) mass is 296 g/mol. The highest BCUT2D eigenvalue weighted by Crippen LogP contribution is 2.40. The number of ketones is 1. The van der Waals surface area contributed by atoms with Crippen LogP contribution in [-0.4, -0.2) is 22.3 Å². The fourth-order valence-electron chi connectivity index (χ4n) is 1.55. The van der Waals surface area contributed by atoms with E-state index in [1.54, 1.807) is 6.92 Å². The van der Waals surface area contributed by atoms with Crippen molar-refractivity contribution in [3.05, 3.63) is 0 Å². The van der Waals surface area contributed by atoms with E-state index in [9.17, 15) is 9.59 Å². The molecule has 4 heteroatoms. The van der Waals surface area contributed by atoms with Gasteiger partial charge >= 0.3 is 5.97 Å². The first-order chi connectivity index (χ1) is 5.94. The van der Waals surface area contributed by atoms with E-state index in [1.165, 1.54) is 6.92 Å². The zero-order valence-corrected chi connectivity index (χ0v) is 10.1. The molecule has 1 aliphatic rings. The fourth-order valence-corrected chi connectivity index (χ4v) is 2.49. The Morgan fingerprint density at radius 2 is 2.23 bits per heavy atom. The summed E-state index contributed by atoms with van der Waals surface area (Å²) in [7, 11) is 0. The highest BCUT2D eigenvalue weighted by molar-refractivity contribution is 14.1. The van der Waals surface area contributed by atoms with Gasteiger partial charge in [0.25, 0.3) is 0 Å². The van der Waals surface area contributed by atoms with Gasteiger partial charge in [-0.05, 0) is 13.8 Å². The highest BCUT2D eigenvalue weighted by atomic mass is 127. The van der Waals surface area contributed by atoms with Gasteiger partial charge in [0.15, 0.2) is 0 Å². The van der Waals surface area contributed by atoms with Crippen LogP contribution in [0.25, 0.3) is 0 Å². The standard InChI is InChI=1S/C9H13IO3/c1-5-7(4-10)13-8(12)9(5,3)6(2)11/h5,7H,4H2,1-3H3/t5-,7-,9+/m1/s1. The lowest BCUT2D eigenvalue weighted by atomic mass is 9.75. The molecule has 0 aromatic rings. The molecule has 1 fully saturated rings. The largest absolute Gasteiger partial charge is 0.460 e. The average molecular weight is 296 g/mol. The first-order valence-corrected chi connectivity index (χ1v) is 5.75. The first-order valence-electron chi connectivity index (χ1n) is 4.22. The zero-order chi connectivity index (χ0) is 10.2. The Balaban J connectivity index is 2.99. The summed E-state index contributed by atoms with van der Waals surface area (Å²) >= 11 is 2.17. The second-order valence-electron chi connectivity index (χ2n) is 3.65. The minimum atomic E-state index is -0.921. The maximum absolute atomic E-state index is 11.5. The molecule has 0 bridgehead atoms. The summed E-state index contributed by atoms with van der Waals surface area (Å²) < 4.78 is 5.88. The van der Waals surface area contributed by atoms with Crippen molar-refractivity contribution in [3.63, 3.8) is 0 Å². The summed E-state index contributed by atoms with van der Waals surface area (Å²) in [4.78, 5) is 22.8. The van der Waals surface area contributed by atoms with Crippen LogP contribution in [0.4, 0.5) is 0 Å². The summed E-state index contributed by atoms with van der Waals surface area (Å²) in [6.07, 6.45) is -0.109. The van der Waals surface area contributed by atoms with Crippen molar-refractivity contribution in [1.82, 2.24) is 0 Å². The van der Waals surface area contributed by atoms with E-state index in [4.69, 9.17) is 4.74 Å². The molecule has 1 rings (SSSR count). The van der Waals surface area contributed by atoms with Crippen molar-refractivity contribution < 1.29 is 14.3 Å². The van der Waals surface area contributed by atoms with Gasteiger partial charge in [-0.15, -0.1) is 0 Å². The Morgan fingerprint density at radius 1 is 1.69 bits per heavy atom. The lowest BCUT2D eigenvalue weighted by molar-refractivity contribution is -0.151. The Hall–Kier alpha value is -0.130. The topological polar surface area (TPSA) is 43.4 Å². The van der Waals surface area contributed by atoms with Crippen LogP contribution in [0.2, 0.25) is 0 Å². The Kier molecular flexibility index (Phi) is 2.99. The molecular formula is C9H13IO3. The summed E-state index contributed by atoms with van der Waals surface area (Å²) in [5.74, 6) is -0.485. The molecule has 74 valence electrons. The molecule has 0 aromatic heterocycles. The number of cyclic esters (lactones) is 1. The average Bonchev–Trinajstić information content (AvgIpc) is 2.30. The van der Waals surface area contributed by atoms with Gasteiger partial charge in [-0.1, -0.05) is 29.5 Å². The minimum absolute atomic E-state index is 0.0191. The minimum Gasteiger partial charge on any atom is -0.460 e. The molecular weight excluding hydrogens is 283 g/mol. The van der Waals surface area contributed by atoms with Crippen LogP contribution in [-0.2, 0) is 14.3 Å². The maximum Gasteiger partial charge on any atom is 0.320 e. The molecule has 0 amide bonds. The number of hydrogen-bond acceptors (Lipinski definition) is 3. The van der Waals surface area contributed by atoms with Crippen LogP contribution >= 0.6 is 22.6 Å². The third-order valence-electron chi connectivity index (χ3n) is 3.03. The summed E-state index contributed by atoms with van der Waals surface area (Å²) in [5.41, 5.74) is -0.921.